The van der Waals surface area contributed by atoms with Crippen molar-refractivity contribution in [2.75, 3.05) is 24.7 Å². The van der Waals surface area contributed by atoms with Gasteiger partial charge in [-0.25, -0.2) is 4.39 Å². The SMILES string of the molecule is CCCCc1nccc(N2CC[C@@H](Oc3ccc(C(C)C(=O)CCCF)cc3)C2)c1F. The van der Waals surface area contributed by atoms with Crippen LogP contribution in [0.25, 0.3) is 0 Å². The fraction of sp³-hybridized carbons (Fsp3) is 0.520. The van der Waals surface area contributed by atoms with Crippen LogP contribution in [0, 0.1) is 5.82 Å². The number of hydrogen-bond acceptors (Lipinski definition) is 4. The number of carbonyl (C=O) groups excluding carboxylic acids is 1. The highest BCUT2D eigenvalue weighted by molar-refractivity contribution is 5.85. The maximum absolute atomic E-state index is 14.9. The second-order valence-electron chi connectivity index (χ2n) is 8.22. The number of ketones is 1. The van der Waals surface area contributed by atoms with Crippen LogP contribution in [-0.4, -0.2) is 36.6 Å². The number of nitrogens with zero attached hydrogens (tertiary/aromatic N) is 2. The maximum atomic E-state index is 14.9. The molecule has 0 spiro atoms. The lowest BCUT2D eigenvalue weighted by atomic mass is 9.94. The zero-order valence-electron chi connectivity index (χ0n) is 18.4. The number of benzene rings is 1. The number of Topliss-reactive ketones (excluding diaryl/α,β-unsaturated/α-hetero) is 1. The first-order valence-electron chi connectivity index (χ1n) is 11.3. The van der Waals surface area contributed by atoms with E-state index in [1.54, 1.807) is 12.3 Å². The summed E-state index contributed by atoms with van der Waals surface area (Å²) in [7, 11) is 0. The summed E-state index contributed by atoms with van der Waals surface area (Å²) in [6, 6.07) is 9.26. The number of hydrogen-bond donors (Lipinski definition) is 0. The monoisotopic (exact) mass is 430 g/mol. The van der Waals surface area contributed by atoms with Crippen LogP contribution in [0.5, 0.6) is 5.75 Å². The molecule has 1 aliphatic rings. The van der Waals surface area contributed by atoms with Gasteiger partial charge >= 0.3 is 0 Å². The van der Waals surface area contributed by atoms with Gasteiger partial charge in [-0.3, -0.25) is 14.2 Å². The van der Waals surface area contributed by atoms with Crippen molar-refractivity contribution in [3.63, 3.8) is 0 Å². The Balaban J connectivity index is 1.57. The number of alkyl halides is 1. The van der Waals surface area contributed by atoms with Gasteiger partial charge in [0.05, 0.1) is 24.6 Å². The lowest BCUT2D eigenvalue weighted by Gasteiger charge is -2.20. The van der Waals surface area contributed by atoms with E-state index in [4.69, 9.17) is 4.74 Å². The van der Waals surface area contributed by atoms with Gasteiger partial charge in [-0.05, 0) is 43.0 Å². The molecule has 31 heavy (non-hydrogen) atoms. The molecule has 1 aromatic heterocycles. The number of aromatic nitrogens is 1. The van der Waals surface area contributed by atoms with Crippen molar-refractivity contribution in [1.82, 2.24) is 4.98 Å². The summed E-state index contributed by atoms with van der Waals surface area (Å²) in [5, 5.41) is 0. The average molecular weight is 431 g/mol. The molecule has 2 heterocycles. The quantitative estimate of drug-likeness (QED) is 0.462. The third-order valence-electron chi connectivity index (χ3n) is 5.92. The zero-order chi connectivity index (χ0) is 22.2. The number of aryl methyl sites for hydroxylation is 1. The topological polar surface area (TPSA) is 42.4 Å². The van der Waals surface area contributed by atoms with Crippen molar-refractivity contribution >= 4 is 11.5 Å². The smallest absolute Gasteiger partial charge is 0.167 e. The number of halogens is 2. The van der Waals surface area contributed by atoms with E-state index in [0.29, 0.717) is 24.3 Å². The molecule has 0 aliphatic carbocycles. The molecule has 6 heteroatoms. The average Bonchev–Trinajstić information content (AvgIpc) is 3.25. The molecule has 4 nitrogen and oxygen atoms in total. The van der Waals surface area contributed by atoms with Gasteiger partial charge in [0.1, 0.15) is 17.6 Å². The van der Waals surface area contributed by atoms with Gasteiger partial charge in [0.15, 0.2) is 5.82 Å². The molecule has 1 saturated heterocycles. The lowest BCUT2D eigenvalue weighted by Crippen LogP contribution is -2.25. The summed E-state index contributed by atoms with van der Waals surface area (Å²) in [6.45, 7) is 4.82. The van der Waals surface area contributed by atoms with Gasteiger partial charge < -0.3 is 9.64 Å². The molecule has 0 saturated carbocycles. The van der Waals surface area contributed by atoms with Crippen molar-refractivity contribution in [3.05, 3.63) is 53.6 Å². The van der Waals surface area contributed by atoms with E-state index in [0.717, 1.165) is 37.1 Å². The number of anilines is 1. The molecule has 0 bridgehead atoms. The van der Waals surface area contributed by atoms with Crippen LogP contribution < -0.4 is 9.64 Å². The van der Waals surface area contributed by atoms with Crippen LogP contribution in [0.3, 0.4) is 0 Å². The van der Waals surface area contributed by atoms with Gasteiger partial charge in [0.2, 0.25) is 0 Å². The molecule has 3 rings (SSSR count). The largest absolute Gasteiger partial charge is 0.489 e. The van der Waals surface area contributed by atoms with E-state index in [1.165, 1.54) is 0 Å². The molecule has 1 aliphatic heterocycles. The zero-order valence-corrected chi connectivity index (χ0v) is 18.4. The van der Waals surface area contributed by atoms with Gasteiger partial charge in [0, 0.05) is 31.5 Å². The second-order valence-corrected chi connectivity index (χ2v) is 8.22. The Hall–Kier alpha value is -2.50. The minimum atomic E-state index is -0.465. The van der Waals surface area contributed by atoms with Gasteiger partial charge in [-0.15, -0.1) is 0 Å². The Morgan fingerprint density at radius 2 is 2.03 bits per heavy atom. The van der Waals surface area contributed by atoms with Crippen molar-refractivity contribution in [2.45, 2.75) is 64.4 Å². The fourth-order valence-corrected chi connectivity index (χ4v) is 3.95. The normalized spacial score (nSPS) is 17.0. The summed E-state index contributed by atoms with van der Waals surface area (Å²) < 4.78 is 33.3. The van der Waals surface area contributed by atoms with Crippen LogP contribution in [0.1, 0.15) is 63.1 Å². The van der Waals surface area contributed by atoms with E-state index in [9.17, 15) is 13.6 Å². The predicted octanol–water partition coefficient (Wildman–Crippen LogP) is 5.64. The molecule has 2 aromatic rings. The Labute approximate surface area is 183 Å². The summed E-state index contributed by atoms with van der Waals surface area (Å²) in [6.07, 6.45) is 5.61. The number of pyridine rings is 1. The summed E-state index contributed by atoms with van der Waals surface area (Å²) in [5.41, 5.74) is 2.04. The first-order chi connectivity index (χ1) is 15.0. The number of ether oxygens (including phenoxy) is 1. The predicted molar refractivity (Wildman–Crippen MR) is 119 cm³/mol. The van der Waals surface area contributed by atoms with Gasteiger partial charge in [-0.1, -0.05) is 32.4 Å². The minimum absolute atomic E-state index is 0.0267. The Morgan fingerprint density at radius 3 is 2.74 bits per heavy atom. The van der Waals surface area contributed by atoms with E-state index in [-0.39, 0.29) is 36.5 Å². The van der Waals surface area contributed by atoms with Crippen molar-refractivity contribution in [2.24, 2.45) is 0 Å². The van der Waals surface area contributed by atoms with Gasteiger partial charge in [0.25, 0.3) is 0 Å². The molecular formula is C25H32F2N2O2. The highest BCUT2D eigenvalue weighted by atomic mass is 19.1. The first-order valence-corrected chi connectivity index (χ1v) is 11.3. The third-order valence-corrected chi connectivity index (χ3v) is 5.92. The first kappa shape index (κ1) is 23.2. The Kier molecular flexibility index (Phi) is 8.38. The Bertz CT molecular complexity index is 857. The standard InChI is InChI=1S/C25H32F2N2O2/c1-3-4-6-22-25(27)23(12-15-28-22)29-16-13-21(17-29)31-20-10-8-19(9-11-20)18(2)24(30)7-5-14-26/h8-12,15,18,21H,3-7,13-14,16-17H2,1-2H3/t18?,21-/m1/s1. The molecule has 1 fully saturated rings. The fourth-order valence-electron chi connectivity index (χ4n) is 3.95. The van der Waals surface area contributed by atoms with Crippen molar-refractivity contribution in [1.29, 1.82) is 0 Å². The second kappa shape index (κ2) is 11.2. The van der Waals surface area contributed by atoms with Crippen LogP contribution in [0.4, 0.5) is 14.5 Å². The molecular weight excluding hydrogens is 398 g/mol. The number of rotatable bonds is 11. The molecule has 0 radical (unpaired) electrons. The number of carbonyl (C=O) groups is 1. The highest BCUT2D eigenvalue weighted by Gasteiger charge is 2.27. The van der Waals surface area contributed by atoms with E-state index in [2.05, 4.69) is 11.9 Å². The molecule has 0 N–H and O–H groups in total. The van der Waals surface area contributed by atoms with Crippen LogP contribution in [0.2, 0.25) is 0 Å². The van der Waals surface area contributed by atoms with Crippen LogP contribution >= 0.6 is 0 Å². The summed E-state index contributed by atoms with van der Waals surface area (Å²) in [5.74, 6) is 0.319. The van der Waals surface area contributed by atoms with E-state index >= 15 is 0 Å². The summed E-state index contributed by atoms with van der Waals surface area (Å²) in [4.78, 5) is 18.3. The van der Waals surface area contributed by atoms with Crippen LogP contribution in [0.15, 0.2) is 36.5 Å². The molecule has 0 amide bonds. The van der Waals surface area contributed by atoms with Crippen molar-refractivity contribution in [3.8, 4) is 5.75 Å². The maximum Gasteiger partial charge on any atom is 0.167 e. The van der Waals surface area contributed by atoms with E-state index in [1.807, 2.05) is 36.1 Å². The van der Waals surface area contributed by atoms with Gasteiger partial charge in [-0.2, -0.15) is 0 Å². The third kappa shape index (κ3) is 6.02. The Morgan fingerprint density at radius 1 is 1.26 bits per heavy atom. The molecule has 168 valence electrons. The summed E-state index contributed by atoms with van der Waals surface area (Å²) >= 11 is 0. The molecule has 1 aromatic carbocycles. The van der Waals surface area contributed by atoms with E-state index < -0.39 is 6.67 Å². The molecule has 2 atom stereocenters. The number of unbranched alkanes of at least 4 members (excludes halogenated alkanes) is 1. The van der Waals surface area contributed by atoms with Crippen LogP contribution in [-0.2, 0) is 11.2 Å². The minimum Gasteiger partial charge on any atom is -0.489 e. The van der Waals surface area contributed by atoms with Crippen molar-refractivity contribution < 1.29 is 18.3 Å². The highest BCUT2D eigenvalue weighted by Crippen LogP contribution is 2.28. The molecule has 1 unspecified atom stereocenters. The lowest BCUT2D eigenvalue weighted by molar-refractivity contribution is -0.120.